The van der Waals surface area contributed by atoms with Crippen LogP contribution in [0.25, 0.3) is 0 Å². The molecule has 18 heavy (non-hydrogen) atoms. The Balaban J connectivity index is 2.44. The Hall–Kier alpha value is -1.72. The molecule has 0 bridgehead atoms. The molecule has 0 saturated carbocycles. The second kappa shape index (κ2) is 5.29. The smallest absolute Gasteiger partial charge is 0.0758 e. The molecular formula is C13H19N5. The molecular weight excluding hydrogens is 226 g/mol. The largest absolute Gasteiger partial charge is 0.275 e. The maximum Gasteiger partial charge on any atom is 0.0758 e. The van der Waals surface area contributed by atoms with Gasteiger partial charge in [0.2, 0.25) is 0 Å². The number of nitrogens with one attached hydrogen (secondary N) is 1. The lowest BCUT2D eigenvalue weighted by atomic mass is 9.99. The fourth-order valence-corrected chi connectivity index (χ4v) is 2.17. The van der Waals surface area contributed by atoms with Gasteiger partial charge in [0.25, 0.3) is 0 Å². The van der Waals surface area contributed by atoms with Crippen molar-refractivity contribution in [2.24, 2.45) is 12.9 Å². The summed E-state index contributed by atoms with van der Waals surface area (Å²) in [5.41, 5.74) is 7.20. The van der Waals surface area contributed by atoms with Crippen molar-refractivity contribution in [1.82, 2.24) is 20.2 Å². The normalized spacial score (nSPS) is 12.7. The van der Waals surface area contributed by atoms with Crippen LogP contribution >= 0.6 is 0 Å². The molecule has 0 spiro atoms. The van der Waals surface area contributed by atoms with Crippen molar-refractivity contribution in [3.05, 3.63) is 47.0 Å². The number of pyridine rings is 1. The Morgan fingerprint density at radius 3 is 2.83 bits per heavy atom. The molecule has 0 radical (unpaired) electrons. The van der Waals surface area contributed by atoms with Gasteiger partial charge < -0.3 is 0 Å². The number of hydrogen-bond acceptors (Lipinski definition) is 4. The van der Waals surface area contributed by atoms with E-state index in [1.807, 2.05) is 37.2 Å². The first kappa shape index (κ1) is 12.7. The number of hydrazine groups is 1. The Bertz CT molecular complexity index is 532. The van der Waals surface area contributed by atoms with Crippen molar-refractivity contribution in [3.63, 3.8) is 0 Å². The van der Waals surface area contributed by atoms with E-state index in [0.717, 1.165) is 28.8 Å². The lowest BCUT2D eigenvalue weighted by molar-refractivity contribution is 0.628. The molecule has 0 aliphatic rings. The summed E-state index contributed by atoms with van der Waals surface area (Å²) in [5.74, 6) is 5.70. The molecule has 2 heterocycles. The standard InChI is InChI=1S/C13H19N5/c1-4-12-11(8-18(3)17-12)13(16-14)10-5-9(2)6-15-7-10/h5-8,13,16H,4,14H2,1-3H3. The molecule has 5 heteroatoms. The van der Waals surface area contributed by atoms with Gasteiger partial charge >= 0.3 is 0 Å². The third kappa shape index (κ3) is 2.42. The van der Waals surface area contributed by atoms with Crippen LogP contribution in [-0.2, 0) is 13.5 Å². The van der Waals surface area contributed by atoms with E-state index in [1.54, 1.807) is 0 Å². The average Bonchev–Trinajstić information content (AvgIpc) is 2.71. The highest BCUT2D eigenvalue weighted by molar-refractivity contribution is 5.33. The van der Waals surface area contributed by atoms with Crippen molar-refractivity contribution >= 4 is 0 Å². The van der Waals surface area contributed by atoms with Gasteiger partial charge in [-0.1, -0.05) is 13.0 Å². The first-order valence-electron chi connectivity index (χ1n) is 6.05. The average molecular weight is 245 g/mol. The molecule has 1 unspecified atom stereocenters. The monoisotopic (exact) mass is 245 g/mol. The van der Waals surface area contributed by atoms with Gasteiger partial charge in [-0.3, -0.25) is 15.5 Å². The van der Waals surface area contributed by atoms with Crippen LogP contribution < -0.4 is 11.3 Å². The van der Waals surface area contributed by atoms with Crippen molar-refractivity contribution in [3.8, 4) is 0 Å². The van der Waals surface area contributed by atoms with E-state index in [-0.39, 0.29) is 6.04 Å². The topological polar surface area (TPSA) is 68.8 Å². The second-order valence-corrected chi connectivity index (χ2v) is 4.45. The zero-order chi connectivity index (χ0) is 13.1. The zero-order valence-corrected chi connectivity index (χ0v) is 11.0. The van der Waals surface area contributed by atoms with Crippen molar-refractivity contribution in [1.29, 1.82) is 0 Å². The third-order valence-electron chi connectivity index (χ3n) is 2.98. The Morgan fingerprint density at radius 1 is 1.44 bits per heavy atom. The summed E-state index contributed by atoms with van der Waals surface area (Å²) in [6.45, 7) is 4.11. The number of hydrogen-bond donors (Lipinski definition) is 2. The summed E-state index contributed by atoms with van der Waals surface area (Å²) < 4.78 is 1.82. The van der Waals surface area contributed by atoms with E-state index in [4.69, 9.17) is 5.84 Å². The molecule has 1 atom stereocenters. The summed E-state index contributed by atoms with van der Waals surface area (Å²) in [7, 11) is 1.92. The van der Waals surface area contributed by atoms with Gasteiger partial charge in [0.1, 0.15) is 0 Å². The molecule has 5 nitrogen and oxygen atoms in total. The lowest BCUT2D eigenvalue weighted by Crippen LogP contribution is -2.29. The fourth-order valence-electron chi connectivity index (χ4n) is 2.17. The molecule has 0 amide bonds. The zero-order valence-electron chi connectivity index (χ0n) is 11.0. The highest BCUT2D eigenvalue weighted by Gasteiger charge is 2.18. The maximum atomic E-state index is 5.70. The molecule has 3 N–H and O–H groups in total. The van der Waals surface area contributed by atoms with E-state index < -0.39 is 0 Å². The summed E-state index contributed by atoms with van der Waals surface area (Å²) in [6, 6.07) is 2.02. The first-order chi connectivity index (χ1) is 8.65. The van der Waals surface area contributed by atoms with Crippen LogP contribution in [0.15, 0.2) is 24.7 Å². The summed E-state index contributed by atoms with van der Waals surface area (Å²) in [4.78, 5) is 4.22. The van der Waals surface area contributed by atoms with E-state index >= 15 is 0 Å². The molecule has 0 aliphatic heterocycles. The third-order valence-corrected chi connectivity index (χ3v) is 2.98. The number of nitrogens with two attached hydrogens (primary N) is 1. The van der Waals surface area contributed by atoms with Gasteiger partial charge in [-0.05, 0) is 24.5 Å². The number of aromatic nitrogens is 3. The Morgan fingerprint density at radius 2 is 2.22 bits per heavy atom. The Kier molecular flexibility index (Phi) is 3.74. The molecule has 2 aromatic rings. The summed E-state index contributed by atoms with van der Waals surface area (Å²) in [5, 5.41) is 4.45. The highest BCUT2D eigenvalue weighted by atomic mass is 15.3. The van der Waals surface area contributed by atoms with Crippen LogP contribution in [-0.4, -0.2) is 14.8 Å². The van der Waals surface area contributed by atoms with Gasteiger partial charge in [-0.25, -0.2) is 5.43 Å². The van der Waals surface area contributed by atoms with Crippen LogP contribution in [0, 0.1) is 6.92 Å². The predicted molar refractivity (Wildman–Crippen MR) is 70.7 cm³/mol. The van der Waals surface area contributed by atoms with Crippen molar-refractivity contribution < 1.29 is 0 Å². The van der Waals surface area contributed by atoms with E-state index in [0.29, 0.717) is 0 Å². The highest BCUT2D eigenvalue weighted by Crippen LogP contribution is 2.24. The van der Waals surface area contributed by atoms with Crippen LogP contribution in [0.1, 0.15) is 35.3 Å². The molecule has 2 rings (SSSR count). The molecule has 2 aromatic heterocycles. The van der Waals surface area contributed by atoms with Crippen LogP contribution in [0.4, 0.5) is 0 Å². The SMILES string of the molecule is CCc1nn(C)cc1C(NN)c1cncc(C)c1. The predicted octanol–water partition coefficient (Wildman–Crippen LogP) is 1.24. The van der Waals surface area contributed by atoms with Crippen LogP contribution in [0.5, 0.6) is 0 Å². The van der Waals surface area contributed by atoms with E-state index in [9.17, 15) is 0 Å². The maximum absolute atomic E-state index is 5.70. The minimum Gasteiger partial charge on any atom is -0.275 e. The quantitative estimate of drug-likeness (QED) is 0.628. The Labute approximate surface area is 107 Å². The van der Waals surface area contributed by atoms with E-state index in [1.165, 1.54) is 0 Å². The summed E-state index contributed by atoms with van der Waals surface area (Å²) in [6.07, 6.45) is 6.56. The minimum atomic E-state index is -0.0685. The van der Waals surface area contributed by atoms with Crippen molar-refractivity contribution in [2.45, 2.75) is 26.3 Å². The molecule has 0 aromatic carbocycles. The number of nitrogens with zero attached hydrogens (tertiary/aromatic N) is 3. The molecule has 0 fully saturated rings. The van der Waals surface area contributed by atoms with Gasteiger partial charge in [-0.2, -0.15) is 5.10 Å². The van der Waals surface area contributed by atoms with Crippen LogP contribution in [0.3, 0.4) is 0 Å². The molecule has 96 valence electrons. The van der Waals surface area contributed by atoms with Crippen LogP contribution in [0.2, 0.25) is 0 Å². The van der Waals surface area contributed by atoms with Crippen molar-refractivity contribution in [2.75, 3.05) is 0 Å². The van der Waals surface area contributed by atoms with Gasteiger partial charge in [0, 0.05) is 31.2 Å². The fraction of sp³-hybridized carbons (Fsp3) is 0.385. The van der Waals surface area contributed by atoms with Gasteiger partial charge in [0.05, 0.1) is 11.7 Å². The van der Waals surface area contributed by atoms with E-state index in [2.05, 4.69) is 28.5 Å². The first-order valence-corrected chi connectivity index (χ1v) is 6.05. The number of rotatable bonds is 4. The molecule has 0 aliphatic carbocycles. The minimum absolute atomic E-state index is 0.0685. The van der Waals surface area contributed by atoms with Gasteiger partial charge in [-0.15, -0.1) is 0 Å². The summed E-state index contributed by atoms with van der Waals surface area (Å²) >= 11 is 0. The second-order valence-electron chi connectivity index (χ2n) is 4.45. The molecule has 0 saturated heterocycles. The van der Waals surface area contributed by atoms with Gasteiger partial charge in [0.15, 0.2) is 0 Å². The lowest BCUT2D eigenvalue weighted by Gasteiger charge is -2.16. The number of aryl methyl sites for hydroxylation is 3.